The first-order chi connectivity index (χ1) is 19.8. The number of likely N-dealkylation sites (tertiary alicyclic amines) is 1. The predicted octanol–water partition coefficient (Wildman–Crippen LogP) is 5.64. The molecule has 8 heteroatoms. The van der Waals surface area contributed by atoms with Crippen LogP contribution >= 0.6 is 0 Å². The second-order valence-corrected chi connectivity index (χ2v) is 11.0. The number of aryl methyl sites for hydroxylation is 2. The van der Waals surface area contributed by atoms with E-state index in [4.69, 9.17) is 4.98 Å². The molecule has 2 amide bonds. The average molecular weight is 551 g/mol. The van der Waals surface area contributed by atoms with Crippen molar-refractivity contribution >= 4 is 28.8 Å². The number of anilines is 1. The summed E-state index contributed by atoms with van der Waals surface area (Å²) >= 11 is 0. The summed E-state index contributed by atoms with van der Waals surface area (Å²) in [4.78, 5) is 40.1. The first-order valence-corrected chi connectivity index (χ1v) is 14.2. The Bertz CT molecular complexity index is 1590. The number of aromatic nitrogens is 3. The predicted molar refractivity (Wildman–Crippen MR) is 164 cm³/mol. The van der Waals surface area contributed by atoms with E-state index < -0.39 is 0 Å². The maximum Gasteiger partial charge on any atom is 0.258 e. The quantitative estimate of drug-likeness (QED) is 0.301. The van der Waals surface area contributed by atoms with Crippen LogP contribution in [0, 0.1) is 13.8 Å². The molecule has 1 N–H and O–H groups in total. The Balaban J connectivity index is 1.47. The zero-order valence-corrected chi connectivity index (χ0v) is 24.3. The van der Waals surface area contributed by atoms with Gasteiger partial charge in [0.05, 0.1) is 22.8 Å². The summed E-state index contributed by atoms with van der Waals surface area (Å²) in [5.41, 5.74) is 6.24. The number of hydrogen-bond donors (Lipinski definition) is 1. The molecule has 5 rings (SSSR count). The van der Waals surface area contributed by atoms with Gasteiger partial charge >= 0.3 is 0 Å². The van der Waals surface area contributed by atoms with Crippen LogP contribution in [0.25, 0.3) is 22.3 Å². The maximum absolute atomic E-state index is 13.6. The lowest BCUT2D eigenvalue weighted by Crippen LogP contribution is -2.35. The Morgan fingerprint density at radius 3 is 2.66 bits per heavy atom. The molecular formula is C33H38N6O2. The van der Waals surface area contributed by atoms with Crippen molar-refractivity contribution in [3.05, 3.63) is 89.6 Å². The van der Waals surface area contributed by atoms with Crippen LogP contribution in [-0.4, -0.2) is 69.9 Å². The molecule has 212 valence electrons. The molecule has 1 aliphatic rings. The minimum atomic E-state index is -0.246. The summed E-state index contributed by atoms with van der Waals surface area (Å²) in [5, 5.41) is 3.11. The molecular weight excluding hydrogens is 512 g/mol. The van der Waals surface area contributed by atoms with E-state index in [9.17, 15) is 9.59 Å². The lowest BCUT2D eigenvalue weighted by atomic mass is 10.0. The lowest BCUT2D eigenvalue weighted by Gasteiger charge is -2.26. The van der Waals surface area contributed by atoms with Crippen LogP contribution in [0.4, 0.5) is 5.95 Å². The molecule has 0 radical (unpaired) electrons. The van der Waals surface area contributed by atoms with Gasteiger partial charge in [-0.3, -0.25) is 19.9 Å². The third-order valence-electron chi connectivity index (χ3n) is 7.63. The van der Waals surface area contributed by atoms with Crippen LogP contribution in [0.2, 0.25) is 0 Å². The topological polar surface area (TPSA) is 83.4 Å². The number of pyridine rings is 1. The molecule has 4 aromatic rings. The zero-order valence-electron chi connectivity index (χ0n) is 24.3. The fraction of sp³-hybridized carbons (Fsp3) is 0.333. The molecule has 1 atom stereocenters. The van der Waals surface area contributed by atoms with Gasteiger partial charge in [0.25, 0.3) is 5.91 Å². The molecule has 1 fully saturated rings. The minimum Gasteiger partial charge on any atom is -0.337 e. The Hall–Kier alpha value is -4.30. The van der Waals surface area contributed by atoms with Gasteiger partial charge in [0, 0.05) is 43.0 Å². The van der Waals surface area contributed by atoms with Gasteiger partial charge < -0.3 is 14.4 Å². The maximum atomic E-state index is 13.6. The third-order valence-corrected chi connectivity index (χ3v) is 7.63. The van der Waals surface area contributed by atoms with Crippen LogP contribution in [0.3, 0.4) is 0 Å². The van der Waals surface area contributed by atoms with Gasteiger partial charge in [-0.05, 0) is 76.5 Å². The molecule has 1 unspecified atom stereocenters. The number of fused-ring (bicyclic) bond motifs is 1. The minimum absolute atomic E-state index is 0.0194. The number of nitrogens with zero attached hydrogens (tertiary/aromatic N) is 5. The van der Waals surface area contributed by atoms with Crippen LogP contribution in [0.1, 0.15) is 46.8 Å². The highest BCUT2D eigenvalue weighted by atomic mass is 16.2. The number of amides is 2. The van der Waals surface area contributed by atoms with E-state index in [-0.39, 0.29) is 17.9 Å². The van der Waals surface area contributed by atoms with Gasteiger partial charge in [-0.2, -0.15) is 0 Å². The zero-order chi connectivity index (χ0) is 28.9. The van der Waals surface area contributed by atoms with Gasteiger partial charge in [-0.25, -0.2) is 4.98 Å². The number of carbonyl (C=O) groups is 2. The summed E-state index contributed by atoms with van der Waals surface area (Å²) in [5.74, 6) is 0.270. The molecule has 0 spiro atoms. The van der Waals surface area contributed by atoms with E-state index in [1.165, 1.54) is 0 Å². The summed E-state index contributed by atoms with van der Waals surface area (Å²) < 4.78 is 2.14. The molecule has 0 saturated carbocycles. The van der Waals surface area contributed by atoms with E-state index in [1.807, 2.05) is 79.4 Å². The summed E-state index contributed by atoms with van der Waals surface area (Å²) in [6.45, 7) is 6.08. The molecule has 1 saturated heterocycles. The van der Waals surface area contributed by atoms with E-state index in [0.717, 1.165) is 52.7 Å². The van der Waals surface area contributed by atoms with Crippen molar-refractivity contribution < 1.29 is 9.59 Å². The molecule has 1 aliphatic heterocycles. The van der Waals surface area contributed by atoms with Crippen LogP contribution in [0.15, 0.2) is 72.9 Å². The van der Waals surface area contributed by atoms with Crippen molar-refractivity contribution in [1.29, 1.82) is 0 Å². The average Bonchev–Trinajstić information content (AvgIpc) is 3.15. The number of para-hydroxylation sites is 1. The van der Waals surface area contributed by atoms with Crippen LogP contribution < -0.4 is 5.32 Å². The fourth-order valence-corrected chi connectivity index (χ4v) is 5.52. The SMILES string of the molecule is Cc1ccccc1-c1cc(C(=O)Nc2nc3cccc(C)c3n2C2CCCCN(C(=O)C=CCN(C)C)C2)ccn1. The van der Waals surface area contributed by atoms with Crippen molar-refractivity contribution in [3.63, 3.8) is 0 Å². The summed E-state index contributed by atoms with van der Waals surface area (Å²) in [7, 11) is 3.96. The van der Waals surface area contributed by atoms with E-state index in [0.29, 0.717) is 31.1 Å². The molecule has 3 heterocycles. The second kappa shape index (κ2) is 12.5. The molecule has 0 aliphatic carbocycles. The number of rotatable bonds is 7. The Morgan fingerprint density at radius 2 is 1.85 bits per heavy atom. The van der Waals surface area contributed by atoms with Crippen LogP contribution in [-0.2, 0) is 4.79 Å². The first kappa shape index (κ1) is 28.2. The number of carbonyl (C=O) groups excluding carboxylic acids is 2. The number of imidazole rings is 1. The number of likely N-dealkylation sites (N-methyl/N-ethyl adjacent to an activating group) is 1. The van der Waals surface area contributed by atoms with Crippen molar-refractivity contribution in [1.82, 2.24) is 24.3 Å². The number of nitrogens with one attached hydrogen (secondary N) is 1. The van der Waals surface area contributed by atoms with Crippen LogP contribution in [0.5, 0.6) is 0 Å². The fourth-order valence-electron chi connectivity index (χ4n) is 5.52. The van der Waals surface area contributed by atoms with Gasteiger partial charge in [0.15, 0.2) is 0 Å². The first-order valence-electron chi connectivity index (χ1n) is 14.2. The van der Waals surface area contributed by atoms with Crippen molar-refractivity contribution in [3.8, 4) is 11.3 Å². The van der Waals surface area contributed by atoms with Crippen molar-refractivity contribution in [2.24, 2.45) is 0 Å². The summed E-state index contributed by atoms with van der Waals surface area (Å²) in [6, 6.07) is 17.5. The van der Waals surface area contributed by atoms with Gasteiger partial charge in [-0.15, -0.1) is 0 Å². The Kier molecular flexibility index (Phi) is 8.59. The van der Waals surface area contributed by atoms with Gasteiger partial charge in [0.1, 0.15) is 0 Å². The monoisotopic (exact) mass is 550 g/mol. The molecule has 2 aromatic heterocycles. The standard InChI is InChI=1S/C33H38N6O2/c1-23-11-5-6-14-27(23)29-21-25(17-18-34-29)32(41)36-33-35-28-15-9-12-24(2)31(28)39(33)26-13-7-8-20-38(22-26)30(40)16-10-19-37(3)4/h5-6,9-12,14-18,21,26H,7-8,13,19-20,22H2,1-4H3,(H,35,36,41). The molecule has 41 heavy (non-hydrogen) atoms. The number of benzene rings is 2. The highest BCUT2D eigenvalue weighted by Crippen LogP contribution is 2.32. The second-order valence-electron chi connectivity index (χ2n) is 11.0. The highest BCUT2D eigenvalue weighted by Gasteiger charge is 2.27. The number of hydrogen-bond acceptors (Lipinski definition) is 5. The molecule has 8 nitrogen and oxygen atoms in total. The smallest absolute Gasteiger partial charge is 0.258 e. The molecule has 2 aromatic carbocycles. The highest BCUT2D eigenvalue weighted by molar-refractivity contribution is 6.04. The van der Waals surface area contributed by atoms with Crippen molar-refractivity contribution in [2.45, 2.75) is 39.2 Å². The normalized spacial score (nSPS) is 15.9. The Morgan fingerprint density at radius 1 is 1.05 bits per heavy atom. The van der Waals surface area contributed by atoms with E-state index in [2.05, 4.69) is 27.9 Å². The van der Waals surface area contributed by atoms with E-state index >= 15 is 0 Å². The van der Waals surface area contributed by atoms with Gasteiger partial charge in [0.2, 0.25) is 11.9 Å². The van der Waals surface area contributed by atoms with Crippen molar-refractivity contribution in [2.75, 3.05) is 39.0 Å². The lowest BCUT2D eigenvalue weighted by molar-refractivity contribution is -0.126. The van der Waals surface area contributed by atoms with Gasteiger partial charge in [-0.1, -0.05) is 42.5 Å². The third kappa shape index (κ3) is 6.38. The Labute approximate surface area is 241 Å². The van der Waals surface area contributed by atoms with E-state index in [1.54, 1.807) is 18.3 Å². The summed E-state index contributed by atoms with van der Waals surface area (Å²) in [6.07, 6.45) is 8.07. The largest absolute Gasteiger partial charge is 0.337 e. The molecule has 0 bridgehead atoms.